The lowest BCUT2D eigenvalue weighted by Crippen LogP contribution is -2.41. The molecule has 6 heteroatoms. The standard InChI is InChI=1S/C15H21BrF3NO/c1-10(15(17,18)19)21-13(9-20-14(2,3)4)11-7-5-6-8-12(11)16/h5-8,10,13,20H,9H2,1-4H3. The van der Waals surface area contributed by atoms with E-state index in [1.807, 2.05) is 26.8 Å². The van der Waals surface area contributed by atoms with Crippen molar-refractivity contribution in [2.24, 2.45) is 0 Å². The normalized spacial score (nSPS) is 15.8. The van der Waals surface area contributed by atoms with Crippen molar-refractivity contribution in [1.82, 2.24) is 5.32 Å². The third-order valence-corrected chi connectivity index (χ3v) is 3.62. The Morgan fingerprint density at radius 3 is 2.24 bits per heavy atom. The van der Waals surface area contributed by atoms with Crippen LogP contribution in [0.15, 0.2) is 28.7 Å². The zero-order valence-electron chi connectivity index (χ0n) is 12.6. The van der Waals surface area contributed by atoms with Gasteiger partial charge in [0, 0.05) is 16.6 Å². The van der Waals surface area contributed by atoms with Crippen LogP contribution in [0, 0.1) is 0 Å². The van der Waals surface area contributed by atoms with Gasteiger partial charge < -0.3 is 10.1 Å². The predicted molar refractivity (Wildman–Crippen MR) is 81.2 cm³/mol. The molecule has 2 unspecified atom stereocenters. The zero-order chi connectivity index (χ0) is 16.3. The van der Waals surface area contributed by atoms with Crippen molar-refractivity contribution in [2.45, 2.75) is 51.6 Å². The van der Waals surface area contributed by atoms with E-state index in [1.165, 1.54) is 0 Å². The van der Waals surface area contributed by atoms with Crippen molar-refractivity contribution >= 4 is 15.9 Å². The molecule has 21 heavy (non-hydrogen) atoms. The smallest absolute Gasteiger partial charge is 0.360 e. The van der Waals surface area contributed by atoms with E-state index < -0.39 is 18.4 Å². The first-order valence-corrected chi connectivity index (χ1v) is 7.51. The summed E-state index contributed by atoms with van der Waals surface area (Å²) in [4.78, 5) is 0. The van der Waals surface area contributed by atoms with Crippen LogP contribution in [0.5, 0.6) is 0 Å². The van der Waals surface area contributed by atoms with Gasteiger partial charge in [0.15, 0.2) is 6.10 Å². The topological polar surface area (TPSA) is 21.3 Å². The van der Waals surface area contributed by atoms with Gasteiger partial charge in [0.1, 0.15) is 0 Å². The van der Waals surface area contributed by atoms with Crippen molar-refractivity contribution in [2.75, 3.05) is 6.54 Å². The largest absolute Gasteiger partial charge is 0.414 e. The van der Waals surface area contributed by atoms with Crippen LogP contribution in [-0.4, -0.2) is 24.4 Å². The van der Waals surface area contributed by atoms with Crippen molar-refractivity contribution in [3.8, 4) is 0 Å². The monoisotopic (exact) mass is 367 g/mol. The molecule has 0 radical (unpaired) electrons. The van der Waals surface area contributed by atoms with Crippen molar-refractivity contribution in [3.05, 3.63) is 34.3 Å². The number of benzene rings is 1. The van der Waals surface area contributed by atoms with Crippen LogP contribution in [0.2, 0.25) is 0 Å². The summed E-state index contributed by atoms with van der Waals surface area (Å²) in [7, 11) is 0. The highest BCUT2D eigenvalue weighted by molar-refractivity contribution is 9.10. The number of hydrogen-bond acceptors (Lipinski definition) is 2. The minimum atomic E-state index is -4.37. The summed E-state index contributed by atoms with van der Waals surface area (Å²) in [5.74, 6) is 0. The molecule has 0 aliphatic heterocycles. The second-order valence-corrected chi connectivity index (χ2v) is 6.82. The molecule has 0 spiro atoms. The van der Waals surface area contributed by atoms with Gasteiger partial charge in [0.05, 0.1) is 6.10 Å². The predicted octanol–water partition coefficient (Wildman–Crippen LogP) is 4.85. The van der Waals surface area contributed by atoms with E-state index >= 15 is 0 Å². The molecule has 2 atom stereocenters. The maximum Gasteiger partial charge on any atom is 0.414 e. The van der Waals surface area contributed by atoms with Gasteiger partial charge in [-0.05, 0) is 39.3 Å². The Bertz CT molecular complexity index is 457. The number of hydrogen-bond donors (Lipinski definition) is 1. The van der Waals surface area contributed by atoms with E-state index in [1.54, 1.807) is 18.2 Å². The molecule has 2 nitrogen and oxygen atoms in total. The summed E-state index contributed by atoms with van der Waals surface area (Å²) < 4.78 is 44.2. The molecule has 1 N–H and O–H groups in total. The molecule has 120 valence electrons. The van der Waals surface area contributed by atoms with Crippen molar-refractivity contribution in [3.63, 3.8) is 0 Å². The fraction of sp³-hybridized carbons (Fsp3) is 0.600. The quantitative estimate of drug-likeness (QED) is 0.803. The van der Waals surface area contributed by atoms with Crippen LogP contribution in [0.25, 0.3) is 0 Å². The van der Waals surface area contributed by atoms with Gasteiger partial charge in [-0.25, -0.2) is 0 Å². The summed E-state index contributed by atoms with van der Waals surface area (Å²) in [6.45, 7) is 7.19. The lowest BCUT2D eigenvalue weighted by molar-refractivity contribution is -0.227. The minimum absolute atomic E-state index is 0.204. The molecule has 1 aromatic carbocycles. The Kier molecular flexibility index (Phi) is 6.25. The lowest BCUT2D eigenvalue weighted by Gasteiger charge is -2.29. The van der Waals surface area contributed by atoms with Crippen molar-refractivity contribution < 1.29 is 17.9 Å². The molecule has 0 heterocycles. The molecule has 0 bridgehead atoms. The Morgan fingerprint density at radius 1 is 1.19 bits per heavy atom. The SMILES string of the molecule is CC(OC(CNC(C)(C)C)c1ccccc1Br)C(F)(F)F. The Hall–Kier alpha value is -0.590. The summed E-state index contributed by atoms with van der Waals surface area (Å²) in [6.07, 6.45) is -6.88. The van der Waals surface area contributed by atoms with Crippen LogP contribution in [0.4, 0.5) is 13.2 Å². The molecule has 0 saturated heterocycles. The van der Waals surface area contributed by atoms with Gasteiger partial charge in [-0.2, -0.15) is 13.2 Å². The highest BCUT2D eigenvalue weighted by Crippen LogP contribution is 2.31. The second kappa shape index (κ2) is 7.11. The maximum absolute atomic E-state index is 12.7. The average Bonchev–Trinajstić information content (AvgIpc) is 2.32. The van der Waals surface area contributed by atoms with Crippen LogP contribution < -0.4 is 5.32 Å². The fourth-order valence-corrected chi connectivity index (χ4v) is 2.23. The zero-order valence-corrected chi connectivity index (χ0v) is 14.2. The molecule has 1 aromatic rings. The van der Waals surface area contributed by atoms with Gasteiger partial charge in [-0.15, -0.1) is 0 Å². The average molecular weight is 368 g/mol. The van der Waals surface area contributed by atoms with Crippen LogP contribution in [0.1, 0.15) is 39.4 Å². The number of nitrogens with one attached hydrogen (secondary N) is 1. The molecule has 0 fully saturated rings. The lowest BCUT2D eigenvalue weighted by atomic mass is 10.1. The first-order chi connectivity index (χ1) is 9.50. The third kappa shape index (κ3) is 6.36. The second-order valence-electron chi connectivity index (χ2n) is 5.96. The molecule has 0 aromatic heterocycles. The number of rotatable bonds is 5. The summed E-state index contributed by atoms with van der Waals surface area (Å²) >= 11 is 3.37. The molecule has 0 saturated carbocycles. The fourth-order valence-electron chi connectivity index (χ4n) is 1.69. The third-order valence-electron chi connectivity index (χ3n) is 2.90. The van der Waals surface area contributed by atoms with E-state index in [0.717, 1.165) is 11.4 Å². The Balaban J connectivity index is 2.93. The highest BCUT2D eigenvalue weighted by Gasteiger charge is 2.39. The van der Waals surface area contributed by atoms with E-state index in [4.69, 9.17) is 4.74 Å². The highest BCUT2D eigenvalue weighted by atomic mass is 79.9. The summed E-state index contributed by atoms with van der Waals surface area (Å²) in [5.41, 5.74) is 0.495. The van der Waals surface area contributed by atoms with Crippen LogP contribution in [0.3, 0.4) is 0 Å². The molecule has 1 rings (SSSR count). The summed E-state index contributed by atoms with van der Waals surface area (Å²) in [6, 6.07) is 7.16. The van der Waals surface area contributed by atoms with Gasteiger partial charge in [0.2, 0.25) is 0 Å². The van der Waals surface area contributed by atoms with Gasteiger partial charge in [-0.1, -0.05) is 34.1 Å². The number of halogens is 4. The minimum Gasteiger partial charge on any atom is -0.360 e. The van der Waals surface area contributed by atoms with Crippen LogP contribution >= 0.6 is 15.9 Å². The first kappa shape index (κ1) is 18.5. The molecular weight excluding hydrogens is 347 g/mol. The molecular formula is C15H21BrF3NO. The maximum atomic E-state index is 12.7. The molecule has 0 aliphatic rings. The van der Waals surface area contributed by atoms with E-state index in [0.29, 0.717) is 12.1 Å². The van der Waals surface area contributed by atoms with Gasteiger partial charge in [0.25, 0.3) is 0 Å². The van der Waals surface area contributed by atoms with Crippen molar-refractivity contribution in [1.29, 1.82) is 0 Å². The summed E-state index contributed by atoms with van der Waals surface area (Å²) in [5, 5.41) is 3.19. The van der Waals surface area contributed by atoms with E-state index in [-0.39, 0.29) is 5.54 Å². The van der Waals surface area contributed by atoms with E-state index in [2.05, 4.69) is 21.2 Å². The number of alkyl halides is 3. The van der Waals surface area contributed by atoms with Gasteiger partial charge in [-0.3, -0.25) is 0 Å². The Labute approximate surface area is 132 Å². The van der Waals surface area contributed by atoms with Crippen LogP contribution in [-0.2, 0) is 4.74 Å². The first-order valence-electron chi connectivity index (χ1n) is 6.72. The van der Waals surface area contributed by atoms with Gasteiger partial charge >= 0.3 is 6.18 Å². The molecule has 0 aliphatic carbocycles. The Morgan fingerprint density at radius 2 is 1.76 bits per heavy atom. The van der Waals surface area contributed by atoms with E-state index in [9.17, 15) is 13.2 Å². The molecule has 0 amide bonds. The number of ether oxygens (including phenoxy) is 1.